The number of hydrogen-bond donors (Lipinski definition) is 1. The molecular weight excluding hydrogens is 427 g/mol. The number of imide groups is 1. The van der Waals surface area contributed by atoms with Gasteiger partial charge in [-0.3, -0.25) is 19.8 Å². The molecule has 33 heavy (non-hydrogen) atoms. The number of amides is 2. The maximum absolute atomic E-state index is 14.6. The van der Waals surface area contributed by atoms with Crippen LogP contribution in [0.1, 0.15) is 35.4 Å². The van der Waals surface area contributed by atoms with Gasteiger partial charge in [0.25, 0.3) is 0 Å². The van der Waals surface area contributed by atoms with Crippen molar-refractivity contribution in [1.29, 1.82) is 0 Å². The summed E-state index contributed by atoms with van der Waals surface area (Å²) in [6.07, 6.45) is 2.11. The Hall–Kier alpha value is -3.23. The average Bonchev–Trinajstić information content (AvgIpc) is 3.21. The van der Waals surface area contributed by atoms with Gasteiger partial charge in [0.05, 0.1) is 25.4 Å². The maximum atomic E-state index is 14.6. The number of ether oxygens (including phenoxy) is 2. The number of benzene rings is 2. The highest BCUT2D eigenvalue weighted by atomic mass is 19.1. The van der Waals surface area contributed by atoms with Crippen LogP contribution in [-0.2, 0) is 27.5 Å². The Morgan fingerprint density at radius 2 is 1.85 bits per heavy atom. The fourth-order valence-corrected chi connectivity index (χ4v) is 4.34. The normalized spacial score (nSPS) is 19.6. The molecule has 0 unspecified atom stereocenters. The Bertz CT molecular complexity index is 1170. The summed E-state index contributed by atoms with van der Waals surface area (Å²) in [7, 11) is 0. The summed E-state index contributed by atoms with van der Waals surface area (Å²) >= 11 is 0. The highest BCUT2D eigenvalue weighted by Gasteiger charge is 2.30. The Balaban J connectivity index is 1.28. The number of rotatable bonds is 6. The van der Waals surface area contributed by atoms with E-state index < -0.39 is 11.7 Å². The van der Waals surface area contributed by atoms with Crippen molar-refractivity contribution in [1.82, 2.24) is 10.2 Å². The first-order valence-corrected chi connectivity index (χ1v) is 11.1. The summed E-state index contributed by atoms with van der Waals surface area (Å²) in [6, 6.07) is 10.9. The second-order valence-electron chi connectivity index (χ2n) is 8.47. The number of halogens is 1. The molecule has 2 saturated heterocycles. The van der Waals surface area contributed by atoms with Gasteiger partial charge in [-0.1, -0.05) is 24.3 Å². The smallest absolute Gasteiger partial charge is 0.234 e. The molecule has 2 aromatic carbocycles. The minimum Gasteiger partial charge on any atom is -0.486 e. The van der Waals surface area contributed by atoms with Gasteiger partial charge in [0.15, 0.2) is 11.6 Å². The quantitative estimate of drug-likeness (QED) is 0.577. The highest BCUT2D eigenvalue weighted by molar-refractivity contribution is 6.02. The zero-order valence-corrected chi connectivity index (χ0v) is 18.1. The Labute approximate surface area is 190 Å². The number of piperidine rings is 1. The molecule has 2 aliphatic rings. The molecule has 0 radical (unpaired) electrons. The Kier molecular flexibility index (Phi) is 6.11. The van der Waals surface area contributed by atoms with E-state index in [2.05, 4.69) is 22.3 Å². The largest absolute Gasteiger partial charge is 0.486 e. The van der Waals surface area contributed by atoms with Gasteiger partial charge in [-0.2, -0.15) is 0 Å². The molecule has 2 amide bonds. The van der Waals surface area contributed by atoms with E-state index in [4.69, 9.17) is 13.9 Å². The minimum absolute atomic E-state index is 0.0924. The summed E-state index contributed by atoms with van der Waals surface area (Å²) in [5, 5.41) is 2.96. The monoisotopic (exact) mass is 452 g/mol. The minimum atomic E-state index is -0.532. The zero-order chi connectivity index (χ0) is 22.8. The predicted octanol–water partition coefficient (Wildman–Crippen LogP) is 3.50. The Morgan fingerprint density at radius 1 is 1.09 bits per heavy atom. The van der Waals surface area contributed by atoms with Gasteiger partial charge in [-0.25, -0.2) is 4.39 Å². The van der Waals surface area contributed by atoms with Crippen molar-refractivity contribution in [2.75, 3.05) is 26.3 Å². The van der Waals surface area contributed by atoms with Crippen molar-refractivity contribution in [3.05, 3.63) is 65.2 Å². The van der Waals surface area contributed by atoms with Crippen molar-refractivity contribution in [2.24, 2.45) is 0 Å². The van der Waals surface area contributed by atoms with Crippen LogP contribution in [0.5, 0.6) is 5.75 Å². The van der Waals surface area contributed by atoms with Gasteiger partial charge in [-0.05, 0) is 23.6 Å². The van der Waals surface area contributed by atoms with E-state index >= 15 is 0 Å². The molecule has 1 atom stereocenters. The van der Waals surface area contributed by atoms with Gasteiger partial charge in [0.1, 0.15) is 12.2 Å². The fourth-order valence-electron chi connectivity index (χ4n) is 4.34. The fraction of sp³-hybridized carbons (Fsp3) is 0.360. The van der Waals surface area contributed by atoms with E-state index in [0.29, 0.717) is 23.0 Å². The number of carbonyl (C=O) groups is 2. The topological polar surface area (TPSA) is 81.0 Å². The number of carbonyl (C=O) groups excluding carboxylic acids is 2. The SMILES string of the molecule is O=C1CC[C@@H](c2coc3cc(F)c(OCc4ccc(CN5CCOCC5)cc4)cc23)C(=O)N1. The third kappa shape index (κ3) is 4.77. The molecule has 172 valence electrons. The lowest BCUT2D eigenvalue weighted by molar-refractivity contribution is -0.134. The van der Waals surface area contributed by atoms with Crippen molar-refractivity contribution < 1.29 is 27.9 Å². The second kappa shape index (κ2) is 9.33. The van der Waals surface area contributed by atoms with Crippen LogP contribution in [-0.4, -0.2) is 43.0 Å². The number of nitrogens with one attached hydrogen (secondary N) is 1. The van der Waals surface area contributed by atoms with Gasteiger partial charge < -0.3 is 13.9 Å². The standard InChI is InChI=1S/C25H25FN2O5/c26-21-12-22-19(20(15-33-22)18-5-6-24(29)27-25(18)30)11-23(21)32-14-17-3-1-16(2-4-17)13-28-7-9-31-10-8-28/h1-4,11-12,15,18H,5-10,13-14H2,(H,27,29,30)/t18-/m0/s1. The van der Waals surface area contributed by atoms with E-state index in [9.17, 15) is 14.0 Å². The van der Waals surface area contributed by atoms with E-state index in [0.717, 1.165) is 38.4 Å². The van der Waals surface area contributed by atoms with Crippen LogP contribution < -0.4 is 10.1 Å². The third-order valence-corrected chi connectivity index (χ3v) is 6.20. The molecule has 5 rings (SSSR count). The van der Waals surface area contributed by atoms with E-state index in [1.165, 1.54) is 17.9 Å². The average molecular weight is 452 g/mol. The van der Waals surface area contributed by atoms with Crippen LogP contribution in [0, 0.1) is 5.82 Å². The van der Waals surface area contributed by atoms with Crippen LogP contribution in [0.4, 0.5) is 4.39 Å². The number of fused-ring (bicyclic) bond motifs is 1. The summed E-state index contributed by atoms with van der Waals surface area (Å²) in [5.41, 5.74) is 3.11. The molecule has 2 aliphatic heterocycles. The lowest BCUT2D eigenvalue weighted by Gasteiger charge is -2.26. The molecule has 0 saturated carbocycles. The number of morpholine rings is 1. The molecule has 8 heteroatoms. The van der Waals surface area contributed by atoms with Crippen molar-refractivity contribution in [2.45, 2.75) is 31.9 Å². The highest BCUT2D eigenvalue weighted by Crippen LogP contribution is 2.35. The van der Waals surface area contributed by atoms with Crippen molar-refractivity contribution in [3.8, 4) is 5.75 Å². The number of furan rings is 1. The molecule has 3 heterocycles. The Morgan fingerprint density at radius 3 is 2.61 bits per heavy atom. The summed E-state index contributed by atoms with van der Waals surface area (Å²) in [5.74, 6) is -1.60. The first-order valence-electron chi connectivity index (χ1n) is 11.1. The zero-order valence-electron chi connectivity index (χ0n) is 18.1. The van der Waals surface area contributed by atoms with Gasteiger partial charge in [0, 0.05) is 43.1 Å². The third-order valence-electron chi connectivity index (χ3n) is 6.20. The predicted molar refractivity (Wildman–Crippen MR) is 118 cm³/mol. The molecule has 0 spiro atoms. The molecule has 1 aromatic heterocycles. The van der Waals surface area contributed by atoms with Crippen LogP contribution in [0.2, 0.25) is 0 Å². The van der Waals surface area contributed by atoms with E-state index in [1.807, 2.05) is 12.1 Å². The number of nitrogens with zero attached hydrogens (tertiary/aromatic N) is 1. The summed E-state index contributed by atoms with van der Waals surface area (Å²) in [4.78, 5) is 26.1. The molecule has 0 bridgehead atoms. The van der Waals surface area contributed by atoms with Crippen molar-refractivity contribution >= 4 is 22.8 Å². The van der Waals surface area contributed by atoms with Gasteiger partial charge >= 0.3 is 0 Å². The van der Waals surface area contributed by atoms with Gasteiger partial charge in [-0.15, -0.1) is 0 Å². The summed E-state index contributed by atoms with van der Waals surface area (Å²) in [6.45, 7) is 4.49. The number of hydrogen-bond acceptors (Lipinski definition) is 6. The lowest BCUT2D eigenvalue weighted by atomic mass is 9.90. The molecule has 1 N–H and O–H groups in total. The van der Waals surface area contributed by atoms with Crippen LogP contribution >= 0.6 is 0 Å². The molecule has 2 fully saturated rings. The van der Waals surface area contributed by atoms with Crippen LogP contribution in [0.15, 0.2) is 47.1 Å². The first kappa shape index (κ1) is 21.6. The molecule has 3 aromatic rings. The van der Waals surface area contributed by atoms with Crippen molar-refractivity contribution in [3.63, 3.8) is 0 Å². The van der Waals surface area contributed by atoms with E-state index in [1.54, 1.807) is 6.07 Å². The van der Waals surface area contributed by atoms with E-state index in [-0.39, 0.29) is 30.6 Å². The molecular formula is C25H25FN2O5. The maximum Gasteiger partial charge on any atom is 0.234 e. The van der Waals surface area contributed by atoms with Crippen LogP contribution in [0.25, 0.3) is 11.0 Å². The molecule has 0 aliphatic carbocycles. The van der Waals surface area contributed by atoms with Gasteiger partial charge in [0.2, 0.25) is 11.8 Å². The first-order chi connectivity index (χ1) is 16.1. The van der Waals surface area contributed by atoms with Crippen LogP contribution in [0.3, 0.4) is 0 Å². The summed E-state index contributed by atoms with van der Waals surface area (Å²) < 4.78 is 31.2. The lowest BCUT2D eigenvalue weighted by Crippen LogP contribution is -2.39. The molecule has 7 nitrogen and oxygen atoms in total. The second-order valence-corrected chi connectivity index (χ2v) is 8.47.